The van der Waals surface area contributed by atoms with E-state index in [1.165, 1.54) is 44.9 Å². The molecule has 0 spiro atoms. The Kier molecular flexibility index (Phi) is 4.62. The first-order valence-electron chi connectivity index (χ1n) is 6.95. The molecule has 1 heterocycles. The van der Waals surface area contributed by atoms with E-state index in [0.29, 0.717) is 24.7 Å². The van der Waals surface area contributed by atoms with Gasteiger partial charge in [-0.1, -0.05) is 25.7 Å². The molecule has 1 saturated carbocycles. The first-order valence-corrected chi connectivity index (χ1v) is 6.95. The third kappa shape index (κ3) is 2.76. The second-order valence-corrected chi connectivity index (χ2v) is 5.44. The minimum Gasteiger partial charge on any atom is -0.395 e. The zero-order chi connectivity index (χ0) is 11.4. The Balaban J connectivity index is 2.02. The molecule has 3 N–H and O–H groups in total. The molecule has 1 aliphatic heterocycles. The predicted molar refractivity (Wildman–Crippen MR) is 66.3 cm³/mol. The molecular weight excluding hydrogens is 200 g/mol. The van der Waals surface area contributed by atoms with Gasteiger partial charge in [-0.05, 0) is 32.2 Å². The first kappa shape index (κ1) is 12.3. The van der Waals surface area contributed by atoms with E-state index in [2.05, 4.69) is 4.90 Å². The molecule has 0 radical (unpaired) electrons. The molecule has 0 amide bonds. The lowest BCUT2D eigenvalue weighted by Crippen LogP contribution is -2.54. The van der Waals surface area contributed by atoms with Crippen LogP contribution in [0.1, 0.15) is 51.4 Å². The van der Waals surface area contributed by atoms with Crippen LogP contribution in [0.2, 0.25) is 0 Å². The van der Waals surface area contributed by atoms with Gasteiger partial charge in [-0.3, -0.25) is 4.90 Å². The number of likely N-dealkylation sites (tertiary alicyclic amines) is 1. The molecule has 1 aliphatic carbocycles. The summed E-state index contributed by atoms with van der Waals surface area (Å²) >= 11 is 0. The Labute approximate surface area is 99.0 Å². The zero-order valence-electron chi connectivity index (χ0n) is 10.3. The lowest BCUT2D eigenvalue weighted by molar-refractivity contribution is 0.0572. The number of nitrogens with two attached hydrogens (primary N) is 1. The molecule has 3 atom stereocenters. The average molecular weight is 226 g/mol. The summed E-state index contributed by atoms with van der Waals surface area (Å²) < 4.78 is 0. The summed E-state index contributed by atoms with van der Waals surface area (Å²) in [5.41, 5.74) is 6.25. The van der Waals surface area contributed by atoms with Gasteiger partial charge in [0.25, 0.3) is 0 Å². The number of nitrogens with zero attached hydrogens (tertiary/aromatic N) is 1. The van der Waals surface area contributed by atoms with Gasteiger partial charge in [0.1, 0.15) is 0 Å². The van der Waals surface area contributed by atoms with Crippen molar-refractivity contribution < 1.29 is 5.11 Å². The number of hydrogen-bond donors (Lipinski definition) is 2. The SMILES string of the molecule is NC1CCCCC1N1CCCCCC1CO. The molecule has 3 unspecified atom stereocenters. The summed E-state index contributed by atoms with van der Waals surface area (Å²) in [7, 11) is 0. The molecule has 0 bridgehead atoms. The molecule has 1 saturated heterocycles. The summed E-state index contributed by atoms with van der Waals surface area (Å²) in [6, 6.07) is 1.24. The van der Waals surface area contributed by atoms with Crippen LogP contribution < -0.4 is 5.73 Å². The third-order valence-corrected chi connectivity index (χ3v) is 4.34. The Morgan fingerprint density at radius 2 is 1.75 bits per heavy atom. The maximum absolute atomic E-state index is 9.52. The zero-order valence-corrected chi connectivity index (χ0v) is 10.3. The van der Waals surface area contributed by atoms with E-state index in [-0.39, 0.29) is 0 Å². The van der Waals surface area contributed by atoms with Crippen LogP contribution >= 0.6 is 0 Å². The van der Waals surface area contributed by atoms with Crippen LogP contribution in [-0.2, 0) is 0 Å². The highest BCUT2D eigenvalue weighted by Crippen LogP contribution is 2.27. The molecule has 94 valence electrons. The molecule has 2 fully saturated rings. The van der Waals surface area contributed by atoms with E-state index in [1.54, 1.807) is 0 Å². The van der Waals surface area contributed by atoms with Crippen molar-refractivity contribution >= 4 is 0 Å². The van der Waals surface area contributed by atoms with E-state index >= 15 is 0 Å². The molecule has 0 aromatic heterocycles. The van der Waals surface area contributed by atoms with Crippen molar-refractivity contribution in [2.45, 2.75) is 69.5 Å². The molecule has 0 aromatic carbocycles. The second kappa shape index (κ2) is 5.99. The molecule has 2 rings (SSSR count). The highest BCUT2D eigenvalue weighted by molar-refractivity contribution is 4.90. The van der Waals surface area contributed by atoms with Gasteiger partial charge < -0.3 is 10.8 Å². The van der Waals surface area contributed by atoms with Gasteiger partial charge in [-0.2, -0.15) is 0 Å². The molecule has 0 aromatic rings. The van der Waals surface area contributed by atoms with Gasteiger partial charge in [-0.15, -0.1) is 0 Å². The number of hydrogen-bond acceptors (Lipinski definition) is 3. The fourth-order valence-electron chi connectivity index (χ4n) is 3.38. The smallest absolute Gasteiger partial charge is 0.0586 e. The molecule has 2 aliphatic rings. The van der Waals surface area contributed by atoms with Crippen LogP contribution in [0.4, 0.5) is 0 Å². The van der Waals surface area contributed by atoms with Crippen LogP contribution in [0.5, 0.6) is 0 Å². The van der Waals surface area contributed by atoms with Gasteiger partial charge in [0.15, 0.2) is 0 Å². The van der Waals surface area contributed by atoms with Crippen LogP contribution in [0.25, 0.3) is 0 Å². The van der Waals surface area contributed by atoms with Crippen molar-refractivity contribution in [2.75, 3.05) is 13.2 Å². The summed E-state index contributed by atoms with van der Waals surface area (Å²) in [6.07, 6.45) is 10.0. The molecule has 3 heteroatoms. The van der Waals surface area contributed by atoms with Crippen molar-refractivity contribution in [1.29, 1.82) is 0 Å². The lowest BCUT2D eigenvalue weighted by atomic mass is 9.88. The summed E-state index contributed by atoms with van der Waals surface area (Å²) in [5.74, 6) is 0. The Morgan fingerprint density at radius 1 is 1.00 bits per heavy atom. The highest BCUT2D eigenvalue weighted by Gasteiger charge is 2.32. The molecular formula is C13H26N2O. The maximum atomic E-state index is 9.52. The van der Waals surface area contributed by atoms with E-state index < -0.39 is 0 Å². The average Bonchev–Trinajstić information content (AvgIpc) is 2.54. The standard InChI is InChI=1S/C13H26N2O/c14-12-7-3-4-8-13(12)15-9-5-1-2-6-11(15)10-16/h11-13,16H,1-10,14H2. The van der Waals surface area contributed by atoms with Crippen LogP contribution in [0.15, 0.2) is 0 Å². The van der Waals surface area contributed by atoms with Crippen molar-refractivity contribution in [3.8, 4) is 0 Å². The number of aliphatic hydroxyl groups excluding tert-OH is 1. The number of aliphatic hydroxyl groups is 1. The minimum absolute atomic E-state index is 0.309. The largest absolute Gasteiger partial charge is 0.395 e. The van der Waals surface area contributed by atoms with Crippen LogP contribution in [0.3, 0.4) is 0 Å². The number of rotatable bonds is 2. The summed E-state index contributed by atoms with van der Waals surface area (Å²) in [6.45, 7) is 1.45. The Morgan fingerprint density at radius 3 is 2.50 bits per heavy atom. The van der Waals surface area contributed by atoms with Crippen molar-refractivity contribution in [3.63, 3.8) is 0 Å². The topological polar surface area (TPSA) is 49.5 Å². The minimum atomic E-state index is 0.309. The Bertz CT molecular complexity index is 210. The summed E-state index contributed by atoms with van der Waals surface area (Å²) in [5, 5.41) is 9.52. The monoisotopic (exact) mass is 226 g/mol. The van der Waals surface area contributed by atoms with Gasteiger partial charge in [0, 0.05) is 18.1 Å². The molecule has 3 nitrogen and oxygen atoms in total. The van der Waals surface area contributed by atoms with Crippen molar-refractivity contribution in [1.82, 2.24) is 4.90 Å². The van der Waals surface area contributed by atoms with E-state index in [9.17, 15) is 5.11 Å². The van der Waals surface area contributed by atoms with Gasteiger partial charge in [0.2, 0.25) is 0 Å². The van der Waals surface area contributed by atoms with E-state index in [4.69, 9.17) is 5.73 Å². The van der Waals surface area contributed by atoms with Crippen molar-refractivity contribution in [2.24, 2.45) is 5.73 Å². The summed E-state index contributed by atoms with van der Waals surface area (Å²) in [4.78, 5) is 2.52. The first-order chi connectivity index (χ1) is 7.83. The van der Waals surface area contributed by atoms with Crippen molar-refractivity contribution in [3.05, 3.63) is 0 Å². The van der Waals surface area contributed by atoms with Gasteiger partial charge >= 0.3 is 0 Å². The Hall–Kier alpha value is -0.120. The van der Waals surface area contributed by atoms with Crippen LogP contribution in [-0.4, -0.2) is 41.3 Å². The maximum Gasteiger partial charge on any atom is 0.0586 e. The normalized spacial score (nSPS) is 38.2. The highest BCUT2D eigenvalue weighted by atomic mass is 16.3. The third-order valence-electron chi connectivity index (χ3n) is 4.34. The predicted octanol–water partition coefficient (Wildman–Crippen LogP) is 1.49. The fourth-order valence-corrected chi connectivity index (χ4v) is 3.38. The van der Waals surface area contributed by atoms with Gasteiger partial charge in [0.05, 0.1) is 6.61 Å². The molecule has 16 heavy (non-hydrogen) atoms. The lowest BCUT2D eigenvalue weighted by Gasteiger charge is -2.41. The second-order valence-electron chi connectivity index (χ2n) is 5.44. The van der Waals surface area contributed by atoms with Gasteiger partial charge in [-0.25, -0.2) is 0 Å². The van der Waals surface area contributed by atoms with E-state index in [0.717, 1.165) is 13.0 Å². The quantitative estimate of drug-likeness (QED) is 0.750. The van der Waals surface area contributed by atoms with E-state index in [1.807, 2.05) is 0 Å². The fraction of sp³-hybridized carbons (Fsp3) is 1.00. The van der Waals surface area contributed by atoms with Crippen LogP contribution in [0, 0.1) is 0 Å².